The van der Waals surface area contributed by atoms with Crippen molar-refractivity contribution in [1.29, 1.82) is 0 Å². The Morgan fingerprint density at radius 1 is 1.15 bits per heavy atom. The average molecular weight is 369 g/mol. The number of nitrogens with one attached hydrogen (secondary N) is 2. The van der Waals surface area contributed by atoms with Crippen LogP contribution in [0.5, 0.6) is 0 Å². The van der Waals surface area contributed by atoms with Gasteiger partial charge in [0.15, 0.2) is 0 Å². The van der Waals surface area contributed by atoms with Crippen molar-refractivity contribution in [3.8, 4) is 10.6 Å². The number of nitrogens with zero attached hydrogens (tertiary/aromatic N) is 1. The Morgan fingerprint density at radius 2 is 1.96 bits per heavy atom. The van der Waals surface area contributed by atoms with Crippen molar-refractivity contribution < 1.29 is 14.0 Å². The van der Waals surface area contributed by atoms with Gasteiger partial charge in [0.1, 0.15) is 10.8 Å². The van der Waals surface area contributed by atoms with Crippen LogP contribution >= 0.6 is 11.3 Å². The molecule has 2 heterocycles. The predicted octanol–water partition coefficient (Wildman–Crippen LogP) is 3.33. The molecule has 3 aromatic rings. The maximum absolute atomic E-state index is 12.0. The van der Waals surface area contributed by atoms with Gasteiger partial charge in [-0.25, -0.2) is 4.98 Å². The summed E-state index contributed by atoms with van der Waals surface area (Å²) in [5, 5.41) is 2.74. The molecule has 0 bridgehead atoms. The van der Waals surface area contributed by atoms with E-state index in [-0.39, 0.29) is 12.3 Å². The van der Waals surface area contributed by atoms with E-state index in [1.165, 1.54) is 23.2 Å². The monoisotopic (exact) mass is 369 g/mol. The third-order valence-corrected chi connectivity index (χ3v) is 4.85. The molecule has 0 atom stereocenters. The summed E-state index contributed by atoms with van der Waals surface area (Å²) < 4.78 is 5.07. The van der Waals surface area contributed by atoms with Crippen LogP contribution in [0.15, 0.2) is 40.3 Å². The standard InChI is InChI=1S/C19H19N3O3S/c1-11-4-5-15(12(2)8-11)19-20-14(10-26-19)9-17(23)21-22-18(24)16-6-7-25-13(16)3/h4-8,10H,9H2,1-3H3,(H,21,23)(H,22,24). The smallest absolute Gasteiger partial charge is 0.273 e. The van der Waals surface area contributed by atoms with E-state index in [9.17, 15) is 9.59 Å². The average Bonchev–Trinajstić information content (AvgIpc) is 3.22. The number of benzene rings is 1. The van der Waals surface area contributed by atoms with Crippen molar-refractivity contribution in [3.63, 3.8) is 0 Å². The summed E-state index contributed by atoms with van der Waals surface area (Å²) in [5.74, 6) is -0.259. The first-order valence-corrected chi connectivity index (χ1v) is 8.97. The number of hydrogen-bond acceptors (Lipinski definition) is 5. The van der Waals surface area contributed by atoms with Crippen molar-refractivity contribution in [3.05, 3.63) is 64.1 Å². The highest BCUT2D eigenvalue weighted by Crippen LogP contribution is 2.27. The first-order chi connectivity index (χ1) is 12.4. The highest BCUT2D eigenvalue weighted by molar-refractivity contribution is 7.13. The Hall–Kier alpha value is -2.93. The van der Waals surface area contributed by atoms with E-state index in [1.54, 1.807) is 13.0 Å². The van der Waals surface area contributed by atoms with Crippen LogP contribution in [0.4, 0.5) is 0 Å². The molecule has 0 aliphatic carbocycles. The fraction of sp³-hybridized carbons (Fsp3) is 0.211. The second kappa shape index (κ2) is 7.53. The van der Waals surface area contributed by atoms with Crippen LogP contribution in [0, 0.1) is 20.8 Å². The van der Waals surface area contributed by atoms with Crippen LogP contribution in [0.2, 0.25) is 0 Å². The van der Waals surface area contributed by atoms with Gasteiger partial charge in [-0.3, -0.25) is 20.4 Å². The number of amides is 2. The van der Waals surface area contributed by atoms with E-state index in [4.69, 9.17) is 4.42 Å². The highest BCUT2D eigenvalue weighted by atomic mass is 32.1. The molecule has 0 spiro atoms. The Kier molecular flexibility index (Phi) is 5.18. The fourth-order valence-electron chi connectivity index (χ4n) is 2.59. The van der Waals surface area contributed by atoms with Crippen molar-refractivity contribution in [2.24, 2.45) is 0 Å². The van der Waals surface area contributed by atoms with Gasteiger partial charge in [-0.2, -0.15) is 0 Å². The summed E-state index contributed by atoms with van der Waals surface area (Å²) in [5.41, 5.74) is 9.24. The third-order valence-electron chi connectivity index (χ3n) is 3.92. The Morgan fingerprint density at radius 3 is 2.65 bits per heavy atom. The topological polar surface area (TPSA) is 84.2 Å². The van der Waals surface area contributed by atoms with Gasteiger partial charge in [0.2, 0.25) is 5.91 Å². The van der Waals surface area contributed by atoms with Crippen molar-refractivity contribution in [2.75, 3.05) is 0 Å². The lowest BCUT2D eigenvalue weighted by molar-refractivity contribution is -0.121. The van der Waals surface area contributed by atoms with Gasteiger partial charge in [0.25, 0.3) is 5.91 Å². The molecule has 0 saturated carbocycles. The lowest BCUT2D eigenvalue weighted by atomic mass is 10.1. The Bertz CT molecular complexity index is 959. The van der Waals surface area contributed by atoms with Gasteiger partial charge in [-0.05, 0) is 32.4 Å². The van der Waals surface area contributed by atoms with Crippen LogP contribution in [0.3, 0.4) is 0 Å². The number of aryl methyl sites for hydroxylation is 3. The minimum atomic E-state index is -0.418. The number of aromatic nitrogens is 1. The maximum Gasteiger partial charge on any atom is 0.273 e. The van der Waals surface area contributed by atoms with Gasteiger partial charge in [-0.15, -0.1) is 11.3 Å². The van der Waals surface area contributed by atoms with Crippen molar-refractivity contribution in [2.45, 2.75) is 27.2 Å². The van der Waals surface area contributed by atoms with Crippen LogP contribution in [0.1, 0.15) is 32.9 Å². The molecule has 3 rings (SSSR count). The first-order valence-electron chi connectivity index (χ1n) is 8.09. The molecule has 0 radical (unpaired) electrons. The zero-order valence-electron chi connectivity index (χ0n) is 14.8. The van der Waals surface area contributed by atoms with Gasteiger partial charge < -0.3 is 4.42 Å². The quantitative estimate of drug-likeness (QED) is 0.691. The van der Waals surface area contributed by atoms with E-state index >= 15 is 0 Å². The van der Waals surface area contributed by atoms with Gasteiger partial charge in [-0.1, -0.05) is 23.8 Å². The summed E-state index contributed by atoms with van der Waals surface area (Å²) in [6.07, 6.45) is 1.52. The van der Waals surface area contributed by atoms with E-state index in [0.29, 0.717) is 17.0 Å². The van der Waals surface area contributed by atoms with Crippen LogP contribution in [-0.2, 0) is 11.2 Å². The van der Waals surface area contributed by atoms with E-state index in [1.807, 2.05) is 31.4 Å². The molecule has 6 nitrogen and oxygen atoms in total. The molecule has 1 aromatic carbocycles. The molecule has 0 saturated heterocycles. The number of carbonyl (C=O) groups excluding carboxylic acids is 2. The molecule has 0 fully saturated rings. The Labute approximate surface area is 155 Å². The second-order valence-corrected chi connectivity index (χ2v) is 6.89. The maximum atomic E-state index is 12.0. The van der Waals surface area contributed by atoms with Gasteiger partial charge in [0, 0.05) is 10.9 Å². The largest absolute Gasteiger partial charge is 0.469 e. The molecule has 0 aliphatic heterocycles. The molecule has 2 aromatic heterocycles. The van der Waals surface area contributed by atoms with Crippen LogP contribution in [0.25, 0.3) is 10.6 Å². The molecule has 0 aliphatic rings. The number of furan rings is 1. The summed E-state index contributed by atoms with van der Waals surface area (Å²) in [6, 6.07) is 7.74. The number of hydrogen-bond donors (Lipinski definition) is 2. The molecule has 7 heteroatoms. The summed E-state index contributed by atoms with van der Waals surface area (Å²) in [7, 11) is 0. The van der Waals surface area contributed by atoms with Crippen LogP contribution < -0.4 is 10.9 Å². The second-order valence-electron chi connectivity index (χ2n) is 6.03. The van der Waals surface area contributed by atoms with E-state index < -0.39 is 5.91 Å². The highest BCUT2D eigenvalue weighted by Gasteiger charge is 2.14. The summed E-state index contributed by atoms with van der Waals surface area (Å²) in [4.78, 5) is 28.5. The number of thiazole rings is 1. The first kappa shape index (κ1) is 17.9. The predicted molar refractivity (Wildman–Crippen MR) is 99.8 cm³/mol. The molecular weight excluding hydrogens is 350 g/mol. The third kappa shape index (κ3) is 4.00. The normalized spacial score (nSPS) is 10.6. The summed E-state index contributed by atoms with van der Waals surface area (Å²) in [6.45, 7) is 5.78. The fourth-order valence-corrected chi connectivity index (χ4v) is 3.50. The zero-order chi connectivity index (χ0) is 18.7. The molecular formula is C19H19N3O3S. The van der Waals surface area contributed by atoms with Crippen molar-refractivity contribution >= 4 is 23.2 Å². The molecule has 2 amide bonds. The minimum Gasteiger partial charge on any atom is -0.469 e. The van der Waals surface area contributed by atoms with Crippen LogP contribution in [-0.4, -0.2) is 16.8 Å². The molecule has 134 valence electrons. The van der Waals surface area contributed by atoms with Gasteiger partial charge >= 0.3 is 0 Å². The van der Waals surface area contributed by atoms with E-state index in [0.717, 1.165) is 16.1 Å². The van der Waals surface area contributed by atoms with Gasteiger partial charge in [0.05, 0.1) is 23.9 Å². The summed E-state index contributed by atoms with van der Waals surface area (Å²) >= 11 is 1.50. The molecule has 26 heavy (non-hydrogen) atoms. The number of rotatable bonds is 4. The Balaban J connectivity index is 1.59. The van der Waals surface area contributed by atoms with E-state index in [2.05, 4.69) is 21.9 Å². The number of carbonyl (C=O) groups is 2. The number of hydrazine groups is 1. The van der Waals surface area contributed by atoms with Crippen molar-refractivity contribution in [1.82, 2.24) is 15.8 Å². The molecule has 0 unspecified atom stereocenters. The molecule has 2 N–H and O–H groups in total. The SMILES string of the molecule is Cc1ccc(-c2nc(CC(=O)NNC(=O)c3ccoc3C)cs2)c(C)c1. The lowest BCUT2D eigenvalue weighted by Gasteiger charge is -2.06. The minimum absolute atomic E-state index is 0.0893. The zero-order valence-corrected chi connectivity index (χ0v) is 15.6. The lowest BCUT2D eigenvalue weighted by Crippen LogP contribution is -2.42.